The van der Waals surface area contributed by atoms with Gasteiger partial charge in [-0.15, -0.1) is 0 Å². The quantitative estimate of drug-likeness (QED) is 0.673. The Bertz CT molecular complexity index is 704. The fourth-order valence-electron chi connectivity index (χ4n) is 1.88. The van der Waals surface area contributed by atoms with E-state index in [2.05, 4.69) is 4.98 Å². The van der Waals surface area contributed by atoms with Crippen LogP contribution in [0.5, 0.6) is 0 Å². The third-order valence-corrected chi connectivity index (χ3v) is 2.84. The first kappa shape index (κ1) is 11.5. The number of ether oxygens (including phenoxy) is 1. The minimum atomic E-state index is -0.373. The van der Waals surface area contributed by atoms with Crippen LogP contribution in [0.2, 0.25) is 0 Å². The molecule has 0 aliphatic carbocycles. The van der Waals surface area contributed by atoms with Gasteiger partial charge in [0, 0.05) is 6.20 Å². The fraction of sp³-hybridized carbons (Fsp3) is 0.0667. The summed E-state index contributed by atoms with van der Waals surface area (Å²) >= 11 is 0. The monoisotopic (exact) mass is 252 g/mol. The zero-order chi connectivity index (χ0) is 13.1. The van der Waals surface area contributed by atoms with Crippen LogP contribution in [0.25, 0.3) is 5.65 Å². The van der Waals surface area contributed by atoms with Crippen molar-refractivity contribution in [2.75, 3.05) is 0 Å². The van der Waals surface area contributed by atoms with E-state index in [1.54, 1.807) is 10.6 Å². The Morgan fingerprint density at radius 2 is 1.89 bits per heavy atom. The van der Waals surface area contributed by atoms with Crippen LogP contribution >= 0.6 is 0 Å². The molecule has 0 N–H and O–H groups in total. The molecule has 19 heavy (non-hydrogen) atoms. The van der Waals surface area contributed by atoms with Gasteiger partial charge in [0.25, 0.3) is 0 Å². The maximum atomic E-state index is 12.0. The van der Waals surface area contributed by atoms with Gasteiger partial charge in [0.2, 0.25) is 0 Å². The Kier molecular flexibility index (Phi) is 2.98. The van der Waals surface area contributed by atoms with Crippen LogP contribution in [0.15, 0.2) is 60.9 Å². The summed E-state index contributed by atoms with van der Waals surface area (Å²) in [5, 5.41) is 0. The molecule has 2 aromatic heterocycles. The Morgan fingerprint density at radius 3 is 2.74 bits per heavy atom. The van der Waals surface area contributed by atoms with Gasteiger partial charge in [-0.2, -0.15) is 0 Å². The van der Waals surface area contributed by atoms with E-state index in [9.17, 15) is 4.79 Å². The maximum Gasteiger partial charge on any atom is 0.357 e. The first-order valence-corrected chi connectivity index (χ1v) is 5.98. The summed E-state index contributed by atoms with van der Waals surface area (Å²) in [5.74, 6) is -0.373. The first-order chi connectivity index (χ1) is 9.34. The SMILES string of the molecule is O=C(OCc1ccccc1)c1cnc2ccccn12. The molecule has 0 saturated heterocycles. The Morgan fingerprint density at radius 1 is 1.11 bits per heavy atom. The number of carbonyl (C=O) groups excluding carboxylic acids is 1. The number of rotatable bonds is 3. The molecule has 0 spiro atoms. The minimum absolute atomic E-state index is 0.264. The van der Waals surface area contributed by atoms with Gasteiger partial charge >= 0.3 is 5.97 Å². The third kappa shape index (κ3) is 2.33. The zero-order valence-corrected chi connectivity index (χ0v) is 10.2. The molecule has 94 valence electrons. The lowest BCUT2D eigenvalue weighted by Crippen LogP contribution is -2.08. The van der Waals surface area contributed by atoms with Crippen LogP contribution in [-0.4, -0.2) is 15.4 Å². The lowest BCUT2D eigenvalue weighted by Gasteiger charge is -2.04. The van der Waals surface area contributed by atoms with E-state index < -0.39 is 0 Å². The second-order valence-electron chi connectivity index (χ2n) is 4.13. The van der Waals surface area contributed by atoms with E-state index in [0.29, 0.717) is 5.69 Å². The van der Waals surface area contributed by atoms with E-state index in [0.717, 1.165) is 11.2 Å². The molecule has 0 amide bonds. The highest BCUT2D eigenvalue weighted by Crippen LogP contribution is 2.09. The van der Waals surface area contributed by atoms with E-state index in [1.165, 1.54) is 6.20 Å². The molecule has 0 atom stereocenters. The van der Waals surface area contributed by atoms with Gasteiger partial charge in [-0.1, -0.05) is 36.4 Å². The molecule has 0 aliphatic rings. The van der Waals surface area contributed by atoms with E-state index in [1.807, 2.05) is 48.5 Å². The number of pyridine rings is 1. The van der Waals surface area contributed by atoms with Gasteiger partial charge in [0.15, 0.2) is 5.69 Å². The van der Waals surface area contributed by atoms with Crippen LogP contribution < -0.4 is 0 Å². The molecule has 3 rings (SSSR count). The molecule has 0 fully saturated rings. The third-order valence-electron chi connectivity index (χ3n) is 2.84. The van der Waals surface area contributed by atoms with Crippen LogP contribution in [0.3, 0.4) is 0 Å². The smallest absolute Gasteiger partial charge is 0.357 e. The molecule has 1 aromatic carbocycles. The summed E-state index contributed by atoms with van der Waals surface area (Å²) in [5.41, 5.74) is 2.13. The summed E-state index contributed by atoms with van der Waals surface area (Å²) in [6, 6.07) is 15.2. The minimum Gasteiger partial charge on any atom is -0.456 e. The highest BCUT2D eigenvalue weighted by molar-refractivity contribution is 5.88. The molecule has 2 heterocycles. The molecular formula is C15H12N2O2. The van der Waals surface area contributed by atoms with Gasteiger partial charge in [-0.05, 0) is 17.7 Å². The Hall–Kier alpha value is -2.62. The van der Waals surface area contributed by atoms with Gasteiger partial charge in [0.1, 0.15) is 12.3 Å². The van der Waals surface area contributed by atoms with Crippen LogP contribution in [0, 0.1) is 0 Å². The Balaban J connectivity index is 1.77. The second kappa shape index (κ2) is 4.94. The fourth-order valence-corrected chi connectivity index (χ4v) is 1.88. The average Bonchev–Trinajstić information content (AvgIpc) is 2.90. The number of esters is 1. The number of imidazole rings is 1. The van der Waals surface area contributed by atoms with Crippen molar-refractivity contribution in [1.29, 1.82) is 0 Å². The number of benzene rings is 1. The summed E-state index contributed by atoms with van der Waals surface area (Å²) in [7, 11) is 0. The molecule has 0 radical (unpaired) electrons. The van der Waals surface area contributed by atoms with Crippen molar-refractivity contribution in [3.8, 4) is 0 Å². The predicted molar refractivity (Wildman–Crippen MR) is 70.8 cm³/mol. The van der Waals surface area contributed by atoms with E-state index in [-0.39, 0.29) is 12.6 Å². The number of aromatic nitrogens is 2. The lowest BCUT2D eigenvalue weighted by atomic mass is 10.2. The summed E-state index contributed by atoms with van der Waals surface area (Å²) < 4.78 is 7.00. The summed E-state index contributed by atoms with van der Waals surface area (Å²) in [6.07, 6.45) is 3.32. The molecule has 0 saturated carbocycles. The van der Waals surface area contributed by atoms with E-state index >= 15 is 0 Å². The highest BCUT2D eigenvalue weighted by atomic mass is 16.5. The molecule has 4 heteroatoms. The molecule has 0 unspecified atom stereocenters. The maximum absolute atomic E-state index is 12.0. The van der Waals surface area contributed by atoms with Gasteiger partial charge in [-0.25, -0.2) is 9.78 Å². The average molecular weight is 252 g/mol. The molecule has 0 aliphatic heterocycles. The number of hydrogen-bond acceptors (Lipinski definition) is 3. The van der Waals surface area contributed by atoms with Gasteiger partial charge < -0.3 is 4.74 Å². The second-order valence-corrected chi connectivity index (χ2v) is 4.13. The first-order valence-electron chi connectivity index (χ1n) is 5.98. The van der Waals surface area contributed by atoms with Crippen molar-refractivity contribution in [1.82, 2.24) is 9.38 Å². The van der Waals surface area contributed by atoms with Crippen molar-refractivity contribution in [2.24, 2.45) is 0 Å². The van der Waals surface area contributed by atoms with Crippen molar-refractivity contribution >= 4 is 11.6 Å². The molecule has 4 nitrogen and oxygen atoms in total. The summed E-state index contributed by atoms with van der Waals surface area (Å²) in [4.78, 5) is 16.2. The van der Waals surface area contributed by atoms with E-state index in [4.69, 9.17) is 4.74 Å². The van der Waals surface area contributed by atoms with Crippen LogP contribution in [0.1, 0.15) is 16.1 Å². The molecule has 3 aromatic rings. The van der Waals surface area contributed by atoms with Crippen LogP contribution in [-0.2, 0) is 11.3 Å². The van der Waals surface area contributed by atoms with Gasteiger partial charge in [-0.3, -0.25) is 4.40 Å². The van der Waals surface area contributed by atoms with Crippen molar-refractivity contribution in [3.63, 3.8) is 0 Å². The van der Waals surface area contributed by atoms with Crippen LogP contribution in [0.4, 0.5) is 0 Å². The topological polar surface area (TPSA) is 43.6 Å². The lowest BCUT2D eigenvalue weighted by molar-refractivity contribution is 0.0464. The number of hydrogen-bond donors (Lipinski definition) is 0. The molecular weight excluding hydrogens is 240 g/mol. The zero-order valence-electron chi connectivity index (χ0n) is 10.2. The van der Waals surface area contributed by atoms with Gasteiger partial charge in [0.05, 0.1) is 6.20 Å². The number of carbonyl (C=O) groups is 1. The molecule has 0 bridgehead atoms. The normalized spacial score (nSPS) is 10.5. The Labute approximate surface area is 110 Å². The largest absolute Gasteiger partial charge is 0.456 e. The highest BCUT2D eigenvalue weighted by Gasteiger charge is 2.12. The standard InChI is InChI=1S/C15H12N2O2/c18-15(19-11-12-6-2-1-3-7-12)13-10-16-14-8-4-5-9-17(13)14/h1-10H,11H2. The predicted octanol–water partition coefficient (Wildman–Crippen LogP) is 2.69. The van der Waals surface area contributed by atoms with Crippen molar-refractivity contribution < 1.29 is 9.53 Å². The van der Waals surface area contributed by atoms with Crippen molar-refractivity contribution in [3.05, 3.63) is 72.2 Å². The van der Waals surface area contributed by atoms with Crippen molar-refractivity contribution in [2.45, 2.75) is 6.61 Å². The summed E-state index contributed by atoms with van der Waals surface area (Å²) in [6.45, 7) is 0.264. The number of fused-ring (bicyclic) bond motifs is 1. The number of nitrogens with zero attached hydrogens (tertiary/aromatic N) is 2.